The maximum atomic E-state index is 12.3. The lowest BCUT2D eigenvalue weighted by Crippen LogP contribution is -2.52. The van der Waals surface area contributed by atoms with Crippen LogP contribution in [0.1, 0.15) is 17.4 Å². The smallest absolute Gasteiger partial charge is 0.274 e. The van der Waals surface area contributed by atoms with Crippen LogP contribution in [0.4, 0.5) is 0 Å². The first-order valence-electron chi connectivity index (χ1n) is 5.62. The lowest BCUT2D eigenvalue weighted by atomic mass is 10.2. The van der Waals surface area contributed by atoms with Crippen molar-refractivity contribution in [3.8, 4) is 0 Å². The Morgan fingerprint density at radius 3 is 3.11 bits per heavy atom. The Labute approximate surface area is 110 Å². The number of aliphatic hydroxyl groups is 1. The quantitative estimate of drug-likeness (QED) is 0.840. The Balaban J connectivity index is 2.16. The van der Waals surface area contributed by atoms with Crippen molar-refractivity contribution in [3.63, 3.8) is 0 Å². The number of carbonyl (C=O) groups excluding carboxylic acids is 1. The van der Waals surface area contributed by atoms with Crippen LogP contribution in [0.15, 0.2) is 12.4 Å². The standard InChI is InChI=1S/C11H14ClN3O3/c1-7-6-18-8(5-16)4-15(7)11(17)9-2-13-3-10(12)14-9/h2-3,7-8,16H,4-6H2,1H3. The Hall–Kier alpha value is -1.24. The van der Waals surface area contributed by atoms with Crippen molar-refractivity contribution in [2.24, 2.45) is 0 Å². The number of ether oxygens (including phenoxy) is 1. The van der Waals surface area contributed by atoms with Crippen LogP contribution in [0.25, 0.3) is 0 Å². The molecular formula is C11H14ClN3O3. The lowest BCUT2D eigenvalue weighted by molar-refractivity contribution is -0.0668. The number of hydrogen-bond donors (Lipinski definition) is 1. The number of halogens is 1. The van der Waals surface area contributed by atoms with E-state index < -0.39 is 0 Å². The molecule has 0 bridgehead atoms. The third kappa shape index (κ3) is 2.77. The van der Waals surface area contributed by atoms with Gasteiger partial charge >= 0.3 is 0 Å². The maximum absolute atomic E-state index is 12.3. The molecule has 2 heterocycles. The molecule has 98 valence electrons. The molecule has 2 atom stereocenters. The molecule has 1 aromatic rings. The summed E-state index contributed by atoms with van der Waals surface area (Å²) in [5.74, 6) is -0.251. The van der Waals surface area contributed by atoms with Gasteiger partial charge in [-0.1, -0.05) is 11.6 Å². The highest BCUT2D eigenvalue weighted by atomic mass is 35.5. The zero-order chi connectivity index (χ0) is 13.1. The van der Waals surface area contributed by atoms with Crippen LogP contribution in [-0.2, 0) is 4.74 Å². The molecule has 18 heavy (non-hydrogen) atoms. The Morgan fingerprint density at radius 2 is 2.44 bits per heavy atom. The molecule has 1 N–H and O–H groups in total. The highest BCUT2D eigenvalue weighted by Gasteiger charge is 2.30. The van der Waals surface area contributed by atoms with E-state index in [1.165, 1.54) is 12.4 Å². The van der Waals surface area contributed by atoms with E-state index in [0.717, 1.165) is 0 Å². The summed E-state index contributed by atoms with van der Waals surface area (Å²) >= 11 is 5.71. The third-order valence-corrected chi connectivity index (χ3v) is 2.98. The van der Waals surface area contributed by atoms with Gasteiger partial charge in [0, 0.05) is 6.54 Å². The number of carbonyl (C=O) groups is 1. The predicted molar refractivity (Wildman–Crippen MR) is 64.4 cm³/mol. The van der Waals surface area contributed by atoms with Gasteiger partial charge in [0.25, 0.3) is 5.91 Å². The van der Waals surface area contributed by atoms with E-state index in [1.807, 2.05) is 6.92 Å². The fourth-order valence-electron chi connectivity index (χ4n) is 1.80. The van der Waals surface area contributed by atoms with E-state index in [0.29, 0.717) is 13.2 Å². The SMILES string of the molecule is CC1COC(CO)CN1C(=O)c1cncc(Cl)n1. The molecule has 1 aliphatic rings. The number of rotatable bonds is 2. The molecule has 1 aromatic heterocycles. The summed E-state index contributed by atoms with van der Waals surface area (Å²) in [6.07, 6.45) is 2.40. The van der Waals surface area contributed by atoms with Crippen molar-refractivity contribution in [3.05, 3.63) is 23.2 Å². The second-order valence-corrected chi connectivity index (χ2v) is 4.56. The first kappa shape index (κ1) is 13.2. The van der Waals surface area contributed by atoms with Crippen molar-refractivity contribution in [1.82, 2.24) is 14.9 Å². The van der Waals surface area contributed by atoms with Gasteiger partial charge in [-0.15, -0.1) is 0 Å². The molecule has 0 aliphatic carbocycles. The van der Waals surface area contributed by atoms with E-state index in [2.05, 4.69) is 9.97 Å². The minimum Gasteiger partial charge on any atom is -0.394 e. The zero-order valence-electron chi connectivity index (χ0n) is 9.91. The molecule has 0 saturated carbocycles. The first-order chi connectivity index (χ1) is 8.61. The topological polar surface area (TPSA) is 75.6 Å². The fraction of sp³-hybridized carbons (Fsp3) is 0.545. The van der Waals surface area contributed by atoms with E-state index in [1.54, 1.807) is 4.90 Å². The summed E-state index contributed by atoms with van der Waals surface area (Å²) in [5.41, 5.74) is 0.202. The van der Waals surface area contributed by atoms with Crippen molar-refractivity contribution in [2.45, 2.75) is 19.1 Å². The van der Waals surface area contributed by atoms with Crippen LogP contribution in [0.2, 0.25) is 5.15 Å². The lowest BCUT2D eigenvalue weighted by Gasteiger charge is -2.37. The van der Waals surface area contributed by atoms with Crippen LogP contribution in [-0.4, -0.2) is 57.8 Å². The fourth-order valence-corrected chi connectivity index (χ4v) is 1.95. The number of amides is 1. The minimum atomic E-state index is -0.350. The molecule has 1 saturated heterocycles. The monoisotopic (exact) mass is 271 g/mol. The minimum absolute atomic E-state index is 0.0684. The van der Waals surface area contributed by atoms with Crippen LogP contribution >= 0.6 is 11.6 Å². The van der Waals surface area contributed by atoms with Gasteiger partial charge in [0.2, 0.25) is 0 Å². The molecule has 7 heteroatoms. The van der Waals surface area contributed by atoms with E-state index >= 15 is 0 Å². The largest absolute Gasteiger partial charge is 0.394 e. The second kappa shape index (κ2) is 5.60. The number of morpholine rings is 1. The Bertz CT molecular complexity index is 443. The van der Waals surface area contributed by atoms with Crippen molar-refractivity contribution in [1.29, 1.82) is 0 Å². The average Bonchev–Trinajstić information content (AvgIpc) is 2.38. The van der Waals surface area contributed by atoms with Gasteiger partial charge in [-0.2, -0.15) is 0 Å². The summed E-state index contributed by atoms with van der Waals surface area (Å²) in [6.45, 7) is 2.50. The van der Waals surface area contributed by atoms with Crippen LogP contribution < -0.4 is 0 Å². The van der Waals surface area contributed by atoms with Crippen molar-refractivity contribution in [2.75, 3.05) is 19.8 Å². The van der Waals surface area contributed by atoms with Crippen LogP contribution in [0.5, 0.6) is 0 Å². The van der Waals surface area contributed by atoms with Gasteiger partial charge in [-0.3, -0.25) is 9.78 Å². The summed E-state index contributed by atoms with van der Waals surface area (Å²) in [4.78, 5) is 21.7. The first-order valence-corrected chi connectivity index (χ1v) is 6.00. The normalized spacial score (nSPS) is 24.1. The number of aliphatic hydroxyl groups excluding tert-OH is 1. The van der Waals surface area contributed by atoms with Gasteiger partial charge in [0.1, 0.15) is 10.8 Å². The van der Waals surface area contributed by atoms with Gasteiger partial charge in [0.15, 0.2) is 0 Å². The van der Waals surface area contributed by atoms with Gasteiger partial charge in [-0.25, -0.2) is 4.98 Å². The zero-order valence-corrected chi connectivity index (χ0v) is 10.7. The van der Waals surface area contributed by atoms with Gasteiger partial charge in [-0.05, 0) is 6.92 Å². The molecule has 2 rings (SSSR count). The number of aromatic nitrogens is 2. The number of hydrogen-bond acceptors (Lipinski definition) is 5. The third-order valence-electron chi connectivity index (χ3n) is 2.79. The van der Waals surface area contributed by atoms with E-state index in [9.17, 15) is 4.79 Å². The Morgan fingerprint density at radius 1 is 1.67 bits per heavy atom. The molecule has 1 aliphatic heterocycles. The molecule has 6 nitrogen and oxygen atoms in total. The van der Waals surface area contributed by atoms with E-state index in [4.69, 9.17) is 21.4 Å². The summed E-state index contributed by atoms with van der Waals surface area (Å²) in [5, 5.41) is 9.26. The molecule has 0 aromatic carbocycles. The maximum Gasteiger partial charge on any atom is 0.274 e. The highest BCUT2D eigenvalue weighted by Crippen LogP contribution is 2.15. The van der Waals surface area contributed by atoms with Crippen molar-refractivity contribution < 1.29 is 14.6 Å². The van der Waals surface area contributed by atoms with Crippen LogP contribution in [0, 0.1) is 0 Å². The Kier molecular flexibility index (Phi) is 4.11. The summed E-state index contributed by atoms with van der Waals surface area (Å²) in [6, 6.07) is -0.0684. The average molecular weight is 272 g/mol. The molecular weight excluding hydrogens is 258 g/mol. The number of nitrogens with zero attached hydrogens (tertiary/aromatic N) is 3. The molecule has 0 radical (unpaired) electrons. The summed E-state index contributed by atoms with van der Waals surface area (Å²) in [7, 11) is 0. The van der Waals surface area contributed by atoms with Crippen molar-refractivity contribution >= 4 is 17.5 Å². The van der Waals surface area contributed by atoms with Crippen LogP contribution in [0.3, 0.4) is 0 Å². The molecule has 1 fully saturated rings. The van der Waals surface area contributed by atoms with Gasteiger partial charge in [0.05, 0.1) is 37.8 Å². The molecule has 1 amide bonds. The second-order valence-electron chi connectivity index (χ2n) is 4.17. The molecule has 0 spiro atoms. The predicted octanol–water partition coefficient (Wildman–Crippen LogP) is 0.352. The summed E-state index contributed by atoms with van der Waals surface area (Å²) < 4.78 is 5.37. The van der Waals surface area contributed by atoms with E-state index in [-0.39, 0.29) is 35.5 Å². The van der Waals surface area contributed by atoms with Gasteiger partial charge < -0.3 is 14.7 Å². The highest BCUT2D eigenvalue weighted by molar-refractivity contribution is 6.29. The molecule has 2 unspecified atom stereocenters.